The molecule has 4 heteroatoms. The first kappa shape index (κ1) is 14.8. The van der Waals surface area contributed by atoms with Crippen LogP contribution in [0.2, 0.25) is 0 Å². The summed E-state index contributed by atoms with van der Waals surface area (Å²) in [5.74, 6) is 1.41. The van der Waals surface area contributed by atoms with Crippen LogP contribution in [0, 0.1) is 11.8 Å². The molecule has 2 aliphatic rings. The summed E-state index contributed by atoms with van der Waals surface area (Å²) in [6, 6.07) is 0.872. The highest BCUT2D eigenvalue weighted by molar-refractivity contribution is 5.73. The highest BCUT2D eigenvalue weighted by Crippen LogP contribution is 2.34. The maximum absolute atomic E-state index is 11.3. The molecule has 0 aromatic rings. The maximum atomic E-state index is 11.3. The highest BCUT2D eigenvalue weighted by Gasteiger charge is 2.34. The predicted octanol–water partition coefficient (Wildman–Crippen LogP) is 1.38. The molecule has 3 atom stereocenters. The summed E-state index contributed by atoms with van der Waals surface area (Å²) in [6.07, 6.45) is 5.94. The lowest BCUT2D eigenvalue weighted by Crippen LogP contribution is -2.55. The number of hydrogen-bond donors (Lipinski definition) is 2. The molecule has 0 aromatic heterocycles. The first-order valence-electron chi connectivity index (χ1n) is 7.72. The fraction of sp³-hybridized carbons (Fsp3) is 0.933. The Bertz CT molecular complexity index is 305. The minimum Gasteiger partial charge on any atom is -0.396 e. The Morgan fingerprint density at radius 2 is 2.16 bits per heavy atom. The Hall–Kier alpha value is -0.610. The fourth-order valence-corrected chi connectivity index (χ4v) is 3.58. The second-order valence-corrected chi connectivity index (χ2v) is 6.40. The molecule has 1 saturated carbocycles. The molecule has 1 heterocycles. The first-order chi connectivity index (χ1) is 9.10. The van der Waals surface area contributed by atoms with Crippen LogP contribution >= 0.6 is 0 Å². The number of carbonyl (C=O) groups is 1. The maximum Gasteiger partial charge on any atom is 0.217 e. The van der Waals surface area contributed by atoms with Gasteiger partial charge in [-0.2, -0.15) is 0 Å². The topological polar surface area (TPSA) is 52.6 Å². The van der Waals surface area contributed by atoms with Gasteiger partial charge in [0, 0.05) is 38.7 Å². The number of nitrogens with zero attached hydrogens (tertiary/aromatic N) is 1. The van der Waals surface area contributed by atoms with Crippen LogP contribution in [-0.2, 0) is 4.79 Å². The number of carbonyl (C=O) groups excluding carboxylic acids is 1. The first-order valence-corrected chi connectivity index (χ1v) is 7.72. The third-order valence-corrected chi connectivity index (χ3v) is 4.92. The van der Waals surface area contributed by atoms with E-state index in [0.717, 1.165) is 31.8 Å². The summed E-state index contributed by atoms with van der Waals surface area (Å²) in [5, 5.41) is 12.2. The Kier molecular flexibility index (Phi) is 5.22. The molecule has 0 radical (unpaired) electrons. The summed E-state index contributed by atoms with van der Waals surface area (Å²) >= 11 is 0. The number of hydrogen-bond acceptors (Lipinski definition) is 3. The Morgan fingerprint density at radius 1 is 1.42 bits per heavy atom. The van der Waals surface area contributed by atoms with E-state index in [4.69, 9.17) is 0 Å². The molecule has 1 aliphatic carbocycles. The monoisotopic (exact) mass is 268 g/mol. The van der Waals surface area contributed by atoms with E-state index < -0.39 is 0 Å². The fourth-order valence-electron chi connectivity index (χ4n) is 3.58. The van der Waals surface area contributed by atoms with Crippen molar-refractivity contribution in [2.45, 2.75) is 58.0 Å². The lowest BCUT2D eigenvalue weighted by atomic mass is 9.78. The standard InChI is InChI=1S/C15H28N2O2/c1-11(14-4-3-5-14)17-9-13(6-7-18)8-15(10-17)16-12(2)19/h11,13-15,18H,3-10H2,1-2H3,(H,16,19). The van der Waals surface area contributed by atoms with Gasteiger partial charge in [0.25, 0.3) is 0 Å². The average Bonchev–Trinajstić information content (AvgIpc) is 2.25. The third-order valence-electron chi connectivity index (χ3n) is 4.92. The molecule has 2 rings (SSSR count). The van der Waals surface area contributed by atoms with Crippen molar-refractivity contribution in [3.8, 4) is 0 Å². The zero-order valence-corrected chi connectivity index (χ0v) is 12.3. The molecule has 0 spiro atoms. The van der Waals surface area contributed by atoms with Crippen molar-refractivity contribution >= 4 is 5.91 Å². The van der Waals surface area contributed by atoms with Gasteiger partial charge in [0.1, 0.15) is 0 Å². The minimum atomic E-state index is 0.0610. The van der Waals surface area contributed by atoms with Crippen molar-refractivity contribution < 1.29 is 9.90 Å². The van der Waals surface area contributed by atoms with E-state index in [1.54, 1.807) is 6.92 Å². The van der Waals surface area contributed by atoms with Crippen LogP contribution in [0.1, 0.15) is 46.0 Å². The van der Waals surface area contributed by atoms with Crippen LogP contribution in [0.25, 0.3) is 0 Å². The second kappa shape index (κ2) is 6.71. The average molecular weight is 268 g/mol. The number of amides is 1. The number of piperidine rings is 1. The summed E-state index contributed by atoms with van der Waals surface area (Å²) in [5.41, 5.74) is 0. The molecule has 3 unspecified atom stereocenters. The molecule has 1 amide bonds. The van der Waals surface area contributed by atoms with Gasteiger partial charge in [0.2, 0.25) is 5.91 Å². The Labute approximate surface area is 116 Å². The van der Waals surface area contributed by atoms with Gasteiger partial charge in [-0.15, -0.1) is 0 Å². The molecule has 2 N–H and O–H groups in total. The van der Waals surface area contributed by atoms with Crippen LogP contribution in [0.4, 0.5) is 0 Å². The minimum absolute atomic E-state index is 0.0610. The van der Waals surface area contributed by atoms with Crippen LogP contribution in [0.3, 0.4) is 0 Å². The molecule has 0 bridgehead atoms. The summed E-state index contributed by atoms with van der Waals surface area (Å²) in [4.78, 5) is 13.8. The van der Waals surface area contributed by atoms with E-state index >= 15 is 0 Å². The van der Waals surface area contributed by atoms with E-state index in [9.17, 15) is 9.90 Å². The Balaban J connectivity index is 1.94. The van der Waals surface area contributed by atoms with E-state index in [0.29, 0.717) is 12.0 Å². The molecule has 0 aromatic carbocycles. The normalized spacial score (nSPS) is 30.7. The molecule has 4 nitrogen and oxygen atoms in total. The quantitative estimate of drug-likeness (QED) is 0.792. The van der Waals surface area contributed by atoms with Crippen molar-refractivity contribution in [3.05, 3.63) is 0 Å². The van der Waals surface area contributed by atoms with E-state index in [2.05, 4.69) is 17.1 Å². The number of aliphatic hydroxyl groups is 1. The van der Waals surface area contributed by atoms with Crippen LogP contribution in [-0.4, -0.2) is 47.7 Å². The zero-order valence-electron chi connectivity index (χ0n) is 12.3. The summed E-state index contributed by atoms with van der Waals surface area (Å²) in [6.45, 7) is 6.22. The largest absolute Gasteiger partial charge is 0.396 e. The molecule has 2 fully saturated rings. The number of nitrogens with one attached hydrogen (secondary N) is 1. The SMILES string of the molecule is CC(=O)NC1CC(CCO)CN(C(C)C2CCC2)C1. The van der Waals surface area contributed by atoms with Crippen molar-refractivity contribution in [1.29, 1.82) is 0 Å². The number of rotatable bonds is 5. The van der Waals surface area contributed by atoms with Crippen molar-refractivity contribution in [1.82, 2.24) is 10.2 Å². The van der Waals surface area contributed by atoms with Crippen LogP contribution in [0.15, 0.2) is 0 Å². The van der Waals surface area contributed by atoms with Crippen molar-refractivity contribution in [2.24, 2.45) is 11.8 Å². The van der Waals surface area contributed by atoms with Gasteiger partial charge >= 0.3 is 0 Å². The van der Waals surface area contributed by atoms with E-state index in [-0.39, 0.29) is 18.6 Å². The molecular formula is C15H28N2O2. The van der Waals surface area contributed by atoms with Crippen LogP contribution < -0.4 is 5.32 Å². The van der Waals surface area contributed by atoms with Gasteiger partial charge < -0.3 is 10.4 Å². The van der Waals surface area contributed by atoms with E-state index in [1.165, 1.54) is 19.3 Å². The second-order valence-electron chi connectivity index (χ2n) is 6.40. The van der Waals surface area contributed by atoms with Crippen LogP contribution in [0.5, 0.6) is 0 Å². The van der Waals surface area contributed by atoms with Crippen molar-refractivity contribution in [2.75, 3.05) is 19.7 Å². The van der Waals surface area contributed by atoms with Crippen molar-refractivity contribution in [3.63, 3.8) is 0 Å². The van der Waals surface area contributed by atoms with Gasteiger partial charge in [-0.05, 0) is 44.4 Å². The Morgan fingerprint density at radius 3 is 2.68 bits per heavy atom. The lowest BCUT2D eigenvalue weighted by Gasteiger charge is -2.45. The highest BCUT2D eigenvalue weighted by atomic mass is 16.3. The smallest absolute Gasteiger partial charge is 0.217 e. The molecular weight excluding hydrogens is 240 g/mol. The molecule has 19 heavy (non-hydrogen) atoms. The van der Waals surface area contributed by atoms with Gasteiger partial charge in [0.05, 0.1) is 0 Å². The third kappa shape index (κ3) is 3.93. The zero-order chi connectivity index (χ0) is 13.8. The van der Waals surface area contributed by atoms with Gasteiger partial charge in [0.15, 0.2) is 0 Å². The van der Waals surface area contributed by atoms with Gasteiger partial charge in [-0.3, -0.25) is 9.69 Å². The molecule has 110 valence electrons. The van der Waals surface area contributed by atoms with Gasteiger partial charge in [-0.25, -0.2) is 0 Å². The number of likely N-dealkylation sites (tertiary alicyclic amines) is 1. The summed E-state index contributed by atoms with van der Waals surface area (Å²) in [7, 11) is 0. The molecule has 1 saturated heterocycles. The lowest BCUT2D eigenvalue weighted by molar-refractivity contribution is -0.120. The predicted molar refractivity (Wildman–Crippen MR) is 75.8 cm³/mol. The van der Waals surface area contributed by atoms with Gasteiger partial charge in [-0.1, -0.05) is 6.42 Å². The molecule has 1 aliphatic heterocycles. The van der Waals surface area contributed by atoms with E-state index in [1.807, 2.05) is 0 Å². The summed E-state index contributed by atoms with van der Waals surface area (Å²) < 4.78 is 0. The number of aliphatic hydroxyl groups excluding tert-OH is 1.